The summed E-state index contributed by atoms with van der Waals surface area (Å²) in [5.41, 5.74) is 6.46. The van der Waals surface area contributed by atoms with Crippen LogP contribution in [0.2, 0.25) is 0 Å². The molecule has 25 heavy (non-hydrogen) atoms. The van der Waals surface area contributed by atoms with Gasteiger partial charge in [0.1, 0.15) is 5.75 Å². The van der Waals surface area contributed by atoms with Crippen molar-refractivity contribution in [2.45, 2.75) is 38.6 Å². The van der Waals surface area contributed by atoms with Crippen LogP contribution in [0.3, 0.4) is 0 Å². The summed E-state index contributed by atoms with van der Waals surface area (Å²) >= 11 is 0. The smallest absolute Gasteiger partial charge is 0.226 e. The third kappa shape index (κ3) is 4.72. The first-order valence-electron chi connectivity index (χ1n) is 9.03. The second-order valence-corrected chi connectivity index (χ2v) is 6.40. The van der Waals surface area contributed by atoms with E-state index >= 15 is 0 Å². The predicted octanol–water partition coefficient (Wildman–Crippen LogP) is 1.85. The Morgan fingerprint density at radius 1 is 1.32 bits per heavy atom. The van der Waals surface area contributed by atoms with Crippen LogP contribution in [0, 0.1) is 5.92 Å². The Kier molecular flexibility index (Phi) is 7.25. The standard InChI is InChI=1S/C19H29N3O3/c1-3-4-12-22-17(23)13-16(19(24)21-11-5-10-20)18(22)14-6-8-15(25-2)9-7-14/h6-9,16,18H,3-5,10-13,20H2,1-2H3,(H,21,24). The monoisotopic (exact) mass is 347 g/mol. The van der Waals surface area contributed by atoms with Crippen LogP contribution in [0.25, 0.3) is 0 Å². The summed E-state index contributed by atoms with van der Waals surface area (Å²) < 4.78 is 5.21. The molecule has 1 saturated heterocycles. The molecule has 0 aliphatic carbocycles. The van der Waals surface area contributed by atoms with Crippen molar-refractivity contribution in [2.75, 3.05) is 26.7 Å². The van der Waals surface area contributed by atoms with Gasteiger partial charge in [0.25, 0.3) is 0 Å². The van der Waals surface area contributed by atoms with Crippen LogP contribution in [-0.4, -0.2) is 43.5 Å². The van der Waals surface area contributed by atoms with E-state index in [1.807, 2.05) is 29.2 Å². The zero-order valence-electron chi connectivity index (χ0n) is 15.2. The Morgan fingerprint density at radius 2 is 2.04 bits per heavy atom. The van der Waals surface area contributed by atoms with E-state index < -0.39 is 0 Å². The molecule has 1 heterocycles. The van der Waals surface area contributed by atoms with E-state index in [4.69, 9.17) is 10.5 Å². The van der Waals surface area contributed by atoms with Crippen molar-refractivity contribution >= 4 is 11.8 Å². The SMILES string of the molecule is CCCCN1C(=O)CC(C(=O)NCCCN)C1c1ccc(OC)cc1. The maximum Gasteiger partial charge on any atom is 0.226 e. The summed E-state index contributed by atoms with van der Waals surface area (Å²) in [6, 6.07) is 7.42. The molecular formula is C19H29N3O3. The van der Waals surface area contributed by atoms with Crippen molar-refractivity contribution in [3.05, 3.63) is 29.8 Å². The van der Waals surface area contributed by atoms with Gasteiger partial charge >= 0.3 is 0 Å². The normalized spacial score (nSPS) is 20.0. The number of nitrogens with one attached hydrogen (secondary N) is 1. The summed E-state index contributed by atoms with van der Waals surface area (Å²) in [5.74, 6) is 0.377. The van der Waals surface area contributed by atoms with Gasteiger partial charge in [0.15, 0.2) is 0 Å². The quantitative estimate of drug-likeness (QED) is 0.668. The van der Waals surface area contributed by atoms with Gasteiger partial charge in [0.05, 0.1) is 19.1 Å². The van der Waals surface area contributed by atoms with Crippen molar-refractivity contribution in [2.24, 2.45) is 11.7 Å². The molecule has 0 bridgehead atoms. The van der Waals surface area contributed by atoms with Crippen LogP contribution in [-0.2, 0) is 9.59 Å². The van der Waals surface area contributed by atoms with Crippen LogP contribution < -0.4 is 15.8 Å². The highest BCUT2D eigenvalue weighted by Crippen LogP contribution is 2.39. The number of benzene rings is 1. The fraction of sp³-hybridized carbons (Fsp3) is 0.579. The molecule has 6 heteroatoms. The third-order valence-electron chi connectivity index (χ3n) is 4.66. The number of nitrogens with zero attached hydrogens (tertiary/aromatic N) is 1. The number of nitrogens with two attached hydrogens (primary N) is 1. The number of ether oxygens (including phenoxy) is 1. The first-order chi connectivity index (χ1) is 12.1. The minimum atomic E-state index is -0.365. The maximum atomic E-state index is 12.6. The Hall–Kier alpha value is -2.08. The summed E-state index contributed by atoms with van der Waals surface area (Å²) in [5, 5.41) is 2.92. The van der Waals surface area contributed by atoms with Gasteiger partial charge in [-0.2, -0.15) is 0 Å². The van der Waals surface area contributed by atoms with E-state index in [1.54, 1.807) is 7.11 Å². The van der Waals surface area contributed by atoms with Crippen molar-refractivity contribution < 1.29 is 14.3 Å². The number of likely N-dealkylation sites (tertiary alicyclic amines) is 1. The highest BCUT2D eigenvalue weighted by atomic mass is 16.5. The Bertz CT molecular complexity index is 574. The predicted molar refractivity (Wildman–Crippen MR) is 97.1 cm³/mol. The van der Waals surface area contributed by atoms with E-state index in [0.717, 1.165) is 30.6 Å². The fourth-order valence-corrected chi connectivity index (χ4v) is 3.28. The Morgan fingerprint density at radius 3 is 2.64 bits per heavy atom. The van der Waals surface area contributed by atoms with Gasteiger partial charge in [0.2, 0.25) is 11.8 Å². The largest absolute Gasteiger partial charge is 0.497 e. The molecule has 1 fully saturated rings. The molecule has 1 aromatic carbocycles. The molecular weight excluding hydrogens is 318 g/mol. The Balaban J connectivity index is 2.23. The summed E-state index contributed by atoms with van der Waals surface area (Å²) in [7, 11) is 1.62. The number of rotatable bonds is 9. The third-order valence-corrected chi connectivity index (χ3v) is 4.66. The van der Waals surface area contributed by atoms with Crippen molar-refractivity contribution in [3.63, 3.8) is 0 Å². The second-order valence-electron chi connectivity index (χ2n) is 6.40. The highest BCUT2D eigenvalue weighted by Gasteiger charge is 2.43. The van der Waals surface area contributed by atoms with E-state index in [2.05, 4.69) is 12.2 Å². The molecule has 2 unspecified atom stereocenters. The van der Waals surface area contributed by atoms with E-state index in [0.29, 0.717) is 19.6 Å². The van der Waals surface area contributed by atoms with Gasteiger partial charge in [-0.05, 0) is 37.1 Å². The van der Waals surface area contributed by atoms with Gasteiger partial charge in [-0.3, -0.25) is 9.59 Å². The number of hydrogen-bond donors (Lipinski definition) is 2. The van der Waals surface area contributed by atoms with Gasteiger partial charge in [-0.15, -0.1) is 0 Å². The fourth-order valence-electron chi connectivity index (χ4n) is 3.28. The number of amides is 2. The topological polar surface area (TPSA) is 84.7 Å². The first kappa shape index (κ1) is 19.2. The van der Waals surface area contributed by atoms with Crippen LogP contribution in [0.1, 0.15) is 44.2 Å². The average molecular weight is 347 g/mol. The second kappa shape index (κ2) is 9.42. The lowest BCUT2D eigenvalue weighted by atomic mass is 9.92. The number of carbonyl (C=O) groups excluding carboxylic acids is 2. The molecule has 3 N–H and O–H groups in total. The summed E-state index contributed by atoms with van der Waals surface area (Å²) in [6.45, 7) is 3.86. The van der Waals surface area contributed by atoms with E-state index in [1.165, 1.54) is 0 Å². The van der Waals surface area contributed by atoms with Gasteiger partial charge in [-0.25, -0.2) is 0 Å². The molecule has 1 aliphatic heterocycles. The van der Waals surface area contributed by atoms with Crippen molar-refractivity contribution in [3.8, 4) is 5.75 Å². The van der Waals surface area contributed by atoms with Crippen LogP contribution in [0.5, 0.6) is 5.75 Å². The van der Waals surface area contributed by atoms with E-state index in [-0.39, 0.29) is 30.2 Å². The van der Waals surface area contributed by atoms with Gasteiger partial charge in [0, 0.05) is 19.5 Å². The van der Waals surface area contributed by atoms with Crippen molar-refractivity contribution in [1.29, 1.82) is 0 Å². The molecule has 1 aromatic rings. The lowest BCUT2D eigenvalue weighted by Gasteiger charge is -2.28. The molecule has 2 amide bonds. The van der Waals surface area contributed by atoms with Crippen LogP contribution in [0.4, 0.5) is 0 Å². The number of unbranched alkanes of at least 4 members (excludes halogenated alkanes) is 1. The first-order valence-corrected chi connectivity index (χ1v) is 9.03. The highest BCUT2D eigenvalue weighted by molar-refractivity contribution is 5.90. The minimum absolute atomic E-state index is 0.0493. The molecule has 0 spiro atoms. The molecule has 0 radical (unpaired) electrons. The lowest BCUT2D eigenvalue weighted by Crippen LogP contribution is -2.36. The summed E-state index contributed by atoms with van der Waals surface area (Å²) in [6.07, 6.45) is 2.93. The zero-order valence-corrected chi connectivity index (χ0v) is 15.2. The maximum absolute atomic E-state index is 12.6. The van der Waals surface area contributed by atoms with Crippen molar-refractivity contribution in [1.82, 2.24) is 10.2 Å². The lowest BCUT2D eigenvalue weighted by molar-refractivity contribution is -0.129. The number of methoxy groups -OCH3 is 1. The molecule has 6 nitrogen and oxygen atoms in total. The molecule has 2 atom stereocenters. The molecule has 1 aliphatic rings. The van der Waals surface area contributed by atoms with Crippen LogP contribution in [0.15, 0.2) is 24.3 Å². The minimum Gasteiger partial charge on any atom is -0.497 e. The van der Waals surface area contributed by atoms with E-state index in [9.17, 15) is 9.59 Å². The average Bonchev–Trinajstić information content (AvgIpc) is 2.96. The number of carbonyl (C=O) groups is 2. The van der Waals surface area contributed by atoms with Gasteiger partial charge < -0.3 is 20.7 Å². The van der Waals surface area contributed by atoms with Gasteiger partial charge in [-0.1, -0.05) is 25.5 Å². The summed E-state index contributed by atoms with van der Waals surface area (Å²) in [4.78, 5) is 27.0. The molecule has 0 aromatic heterocycles. The zero-order chi connectivity index (χ0) is 18.2. The molecule has 2 rings (SSSR count). The number of hydrogen-bond acceptors (Lipinski definition) is 4. The van der Waals surface area contributed by atoms with Crippen LogP contribution >= 0.6 is 0 Å². The Labute approximate surface area is 149 Å². The molecule has 138 valence electrons. The molecule has 0 saturated carbocycles.